The monoisotopic (exact) mass is 385 g/mol. The Balaban J connectivity index is 0.00000156. The van der Waals surface area contributed by atoms with E-state index in [1.165, 1.54) is 0 Å². The molecule has 0 saturated carbocycles. The van der Waals surface area contributed by atoms with Crippen LogP contribution in [0.5, 0.6) is 0 Å². The minimum atomic E-state index is 0. The summed E-state index contributed by atoms with van der Waals surface area (Å²) in [6.07, 6.45) is 4.60. The first-order valence-corrected chi connectivity index (χ1v) is 8.10. The second-order valence-electron chi connectivity index (χ2n) is 6.14. The fourth-order valence-electron chi connectivity index (χ4n) is 2.93. The maximum Gasteiger partial charge on any atom is 0.221 e. The maximum atomic E-state index is 11.9. The van der Waals surface area contributed by atoms with Crippen molar-refractivity contribution < 1.29 is 4.79 Å². The fraction of sp³-hybridized carbons (Fsp3) is 0.471. The van der Waals surface area contributed by atoms with Gasteiger partial charge in [-0.3, -0.25) is 4.79 Å². The molecule has 2 aromatic heterocycles. The summed E-state index contributed by atoms with van der Waals surface area (Å²) in [5.41, 5.74) is 3.02. The van der Waals surface area contributed by atoms with Crippen molar-refractivity contribution >= 4 is 30.7 Å². The van der Waals surface area contributed by atoms with E-state index in [1.807, 2.05) is 36.7 Å². The van der Waals surface area contributed by atoms with Gasteiger partial charge in [-0.05, 0) is 50.9 Å². The van der Waals surface area contributed by atoms with Crippen LogP contribution in [0.4, 0.5) is 0 Å². The largest absolute Gasteiger partial charge is 0.352 e. The molecule has 0 aromatic carbocycles. The molecule has 25 heavy (non-hydrogen) atoms. The van der Waals surface area contributed by atoms with Crippen LogP contribution in [0, 0.1) is 13.8 Å². The molecular formula is C17H25Cl2N5O. The van der Waals surface area contributed by atoms with Gasteiger partial charge in [-0.1, -0.05) is 6.07 Å². The Labute approximate surface area is 160 Å². The second-order valence-corrected chi connectivity index (χ2v) is 6.14. The van der Waals surface area contributed by atoms with E-state index >= 15 is 0 Å². The summed E-state index contributed by atoms with van der Waals surface area (Å²) in [5.74, 6) is 0.882. The Hall–Kier alpha value is -1.63. The number of hydrogen-bond donors (Lipinski definition) is 2. The van der Waals surface area contributed by atoms with Gasteiger partial charge >= 0.3 is 0 Å². The first kappa shape index (κ1) is 21.4. The van der Waals surface area contributed by atoms with Gasteiger partial charge in [0.25, 0.3) is 0 Å². The summed E-state index contributed by atoms with van der Waals surface area (Å²) in [4.78, 5) is 16.4. The molecule has 1 aliphatic heterocycles. The number of carbonyl (C=O) groups is 1. The van der Waals surface area contributed by atoms with Crippen LogP contribution in [0.3, 0.4) is 0 Å². The average Bonchev–Trinajstić information content (AvgIpc) is 3.15. The Morgan fingerprint density at radius 3 is 2.72 bits per heavy atom. The molecule has 138 valence electrons. The lowest BCUT2D eigenvalue weighted by molar-refractivity contribution is -0.121. The van der Waals surface area contributed by atoms with Gasteiger partial charge in [0, 0.05) is 30.9 Å². The van der Waals surface area contributed by atoms with Gasteiger partial charge in [-0.2, -0.15) is 5.10 Å². The zero-order chi connectivity index (χ0) is 16.2. The van der Waals surface area contributed by atoms with Crippen LogP contribution >= 0.6 is 24.8 Å². The smallest absolute Gasteiger partial charge is 0.221 e. The molecular weight excluding hydrogens is 361 g/mol. The zero-order valence-corrected chi connectivity index (χ0v) is 16.1. The first-order chi connectivity index (χ1) is 11.1. The third-order valence-corrected chi connectivity index (χ3v) is 4.12. The molecule has 2 N–H and O–H groups in total. The molecule has 8 heteroatoms. The van der Waals surface area contributed by atoms with E-state index in [2.05, 4.69) is 20.7 Å². The minimum absolute atomic E-state index is 0. The molecule has 0 radical (unpaired) electrons. The summed E-state index contributed by atoms with van der Waals surface area (Å²) in [6.45, 7) is 5.51. The zero-order valence-electron chi connectivity index (χ0n) is 14.5. The van der Waals surface area contributed by atoms with Crippen LogP contribution in [0.1, 0.15) is 36.2 Å². The highest BCUT2D eigenvalue weighted by atomic mass is 35.5. The normalized spacial score (nSPS) is 16.0. The topological polar surface area (TPSA) is 71.8 Å². The Morgan fingerprint density at radius 1 is 1.36 bits per heavy atom. The lowest BCUT2D eigenvalue weighted by Gasteiger charge is -2.10. The number of aryl methyl sites for hydroxylation is 2. The Morgan fingerprint density at radius 2 is 2.16 bits per heavy atom. The van der Waals surface area contributed by atoms with Crippen LogP contribution in [-0.4, -0.2) is 33.3 Å². The summed E-state index contributed by atoms with van der Waals surface area (Å²) >= 11 is 0. The van der Waals surface area contributed by atoms with E-state index in [9.17, 15) is 4.79 Å². The standard InChI is InChI=1S/C17H23N5O.2ClH/c1-12-8-13(2)22(21-12)16-6-5-14(10-19-16)11-20-17(23)9-15-4-3-7-18-15;;/h5-6,8,10,15,18H,3-4,7,9,11H2,1-2H3,(H,20,23);2*1H. The van der Waals surface area contributed by atoms with Crippen molar-refractivity contribution in [1.82, 2.24) is 25.4 Å². The fourth-order valence-corrected chi connectivity index (χ4v) is 2.93. The van der Waals surface area contributed by atoms with Crippen LogP contribution < -0.4 is 10.6 Å². The molecule has 3 rings (SSSR count). The molecule has 1 atom stereocenters. The highest BCUT2D eigenvalue weighted by molar-refractivity contribution is 5.85. The molecule has 0 aliphatic carbocycles. The van der Waals surface area contributed by atoms with E-state index in [4.69, 9.17) is 0 Å². The highest BCUT2D eigenvalue weighted by Crippen LogP contribution is 2.11. The Bertz CT molecular complexity index is 681. The summed E-state index contributed by atoms with van der Waals surface area (Å²) < 4.78 is 1.82. The van der Waals surface area contributed by atoms with E-state index in [0.717, 1.165) is 42.2 Å². The molecule has 1 fully saturated rings. The van der Waals surface area contributed by atoms with Crippen molar-refractivity contribution in [3.63, 3.8) is 0 Å². The lowest BCUT2D eigenvalue weighted by Crippen LogP contribution is -2.31. The van der Waals surface area contributed by atoms with Crippen LogP contribution in [0.2, 0.25) is 0 Å². The number of nitrogens with one attached hydrogen (secondary N) is 2. The van der Waals surface area contributed by atoms with Gasteiger partial charge < -0.3 is 10.6 Å². The SMILES string of the molecule is Cc1cc(C)n(-c2ccc(CNC(=O)CC3CCCN3)cn2)n1.Cl.Cl. The summed E-state index contributed by atoms with van der Waals surface area (Å²) in [6, 6.07) is 6.26. The molecule has 0 spiro atoms. The number of hydrogen-bond acceptors (Lipinski definition) is 4. The third kappa shape index (κ3) is 5.70. The van der Waals surface area contributed by atoms with E-state index in [0.29, 0.717) is 19.0 Å². The Kier molecular flexibility index (Phi) is 8.35. The van der Waals surface area contributed by atoms with Gasteiger partial charge in [0.15, 0.2) is 5.82 Å². The molecule has 3 heterocycles. The third-order valence-electron chi connectivity index (χ3n) is 4.12. The van der Waals surface area contributed by atoms with E-state index in [1.54, 1.807) is 6.20 Å². The average molecular weight is 386 g/mol. The highest BCUT2D eigenvalue weighted by Gasteiger charge is 2.17. The van der Waals surface area contributed by atoms with Gasteiger partial charge in [0.1, 0.15) is 0 Å². The minimum Gasteiger partial charge on any atom is -0.352 e. The van der Waals surface area contributed by atoms with Crippen molar-refractivity contribution in [1.29, 1.82) is 0 Å². The van der Waals surface area contributed by atoms with Gasteiger partial charge in [-0.25, -0.2) is 9.67 Å². The molecule has 6 nitrogen and oxygen atoms in total. The maximum absolute atomic E-state index is 11.9. The summed E-state index contributed by atoms with van der Waals surface area (Å²) in [5, 5.41) is 10.7. The van der Waals surface area contributed by atoms with Crippen molar-refractivity contribution in [2.24, 2.45) is 0 Å². The number of nitrogens with zero attached hydrogens (tertiary/aromatic N) is 3. The number of pyridine rings is 1. The number of rotatable bonds is 5. The van der Waals surface area contributed by atoms with Crippen LogP contribution in [-0.2, 0) is 11.3 Å². The van der Waals surface area contributed by atoms with E-state index in [-0.39, 0.29) is 30.7 Å². The van der Waals surface area contributed by atoms with Crippen LogP contribution in [0.25, 0.3) is 5.82 Å². The number of halogens is 2. The van der Waals surface area contributed by atoms with Gasteiger partial charge in [0.2, 0.25) is 5.91 Å². The van der Waals surface area contributed by atoms with Gasteiger partial charge in [-0.15, -0.1) is 24.8 Å². The predicted molar refractivity (Wildman–Crippen MR) is 103 cm³/mol. The first-order valence-electron chi connectivity index (χ1n) is 8.10. The lowest BCUT2D eigenvalue weighted by atomic mass is 10.1. The van der Waals surface area contributed by atoms with Crippen LogP contribution in [0.15, 0.2) is 24.4 Å². The van der Waals surface area contributed by atoms with E-state index < -0.39 is 0 Å². The second kappa shape index (κ2) is 9.75. The number of carbonyl (C=O) groups excluding carboxylic acids is 1. The van der Waals surface area contributed by atoms with Crippen molar-refractivity contribution in [2.75, 3.05) is 6.54 Å². The number of amides is 1. The molecule has 1 amide bonds. The van der Waals surface area contributed by atoms with Gasteiger partial charge in [0.05, 0.1) is 5.69 Å². The van der Waals surface area contributed by atoms with Crippen molar-refractivity contribution in [3.8, 4) is 5.82 Å². The predicted octanol–water partition coefficient (Wildman–Crippen LogP) is 2.49. The molecule has 0 bridgehead atoms. The molecule has 2 aromatic rings. The molecule has 1 aliphatic rings. The number of aromatic nitrogens is 3. The molecule has 1 unspecified atom stereocenters. The quantitative estimate of drug-likeness (QED) is 0.828. The van der Waals surface area contributed by atoms with Crippen molar-refractivity contribution in [3.05, 3.63) is 41.3 Å². The molecule has 1 saturated heterocycles. The van der Waals surface area contributed by atoms with Crippen molar-refractivity contribution in [2.45, 2.75) is 45.7 Å². The summed E-state index contributed by atoms with van der Waals surface area (Å²) in [7, 11) is 0.